The summed E-state index contributed by atoms with van der Waals surface area (Å²) in [6, 6.07) is 6.81. The third-order valence-electron chi connectivity index (χ3n) is 3.33. The van der Waals surface area contributed by atoms with Crippen molar-refractivity contribution in [1.82, 2.24) is 14.8 Å². The van der Waals surface area contributed by atoms with Crippen molar-refractivity contribution in [1.29, 1.82) is 0 Å². The average molecular weight is 296 g/mol. The quantitative estimate of drug-likeness (QED) is 0.883. The van der Waals surface area contributed by atoms with Gasteiger partial charge in [-0.2, -0.15) is 5.10 Å². The minimum atomic E-state index is -1.45. The molecule has 1 aromatic heterocycles. The summed E-state index contributed by atoms with van der Waals surface area (Å²) in [6.45, 7) is 3.83. The Morgan fingerprint density at radius 2 is 1.95 bits per heavy atom. The van der Waals surface area contributed by atoms with Gasteiger partial charge in [-0.1, -0.05) is 37.6 Å². The molecule has 5 nitrogen and oxygen atoms in total. The first-order valence-corrected chi connectivity index (χ1v) is 6.80. The Hall–Kier alpha value is -1.43. The van der Waals surface area contributed by atoms with Crippen molar-refractivity contribution in [3.8, 4) is 0 Å². The predicted molar refractivity (Wildman–Crippen MR) is 76.2 cm³/mol. The van der Waals surface area contributed by atoms with E-state index in [1.165, 1.54) is 17.3 Å². The highest BCUT2D eigenvalue weighted by molar-refractivity contribution is 6.30. The SMILES string of the molecule is CC(C)[C@@H](O)[C@](O)(Cn1cncn1)c1ccc(Cl)cc1. The fraction of sp³-hybridized carbons (Fsp3) is 0.429. The molecule has 0 aliphatic heterocycles. The highest BCUT2D eigenvalue weighted by atomic mass is 35.5. The van der Waals surface area contributed by atoms with Crippen LogP contribution in [0.4, 0.5) is 0 Å². The number of aliphatic hydroxyl groups excluding tert-OH is 1. The zero-order chi connectivity index (χ0) is 14.8. The van der Waals surface area contributed by atoms with Gasteiger partial charge in [-0.25, -0.2) is 9.67 Å². The van der Waals surface area contributed by atoms with Crippen molar-refractivity contribution in [2.24, 2.45) is 5.92 Å². The van der Waals surface area contributed by atoms with E-state index < -0.39 is 11.7 Å². The molecule has 0 unspecified atom stereocenters. The molecule has 1 aromatic carbocycles. The first-order chi connectivity index (χ1) is 9.43. The number of halogens is 1. The lowest BCUT2D eigenvalue weighted by atomic mass is 9.82. The minimum Gasteiger partial charge on any atom is -0.389 e. The smallest absolute Gasteiger partial charge is 0.137 e. The number of hydrogen-bond donors (Lipinski definition) is 2. The van der Waals surface area contributed by atoms with Crippen LogP contribution in [0.5, 0.6) is 0 Å². The van der Waals surface area contributed by atoms with Crippen LogP contribution in [-0.4, -0.2) is 31.1 Å². The van der Waals surface area contributed by atoms with E-state index in [4.69, 9.17) is 11.6 Å². The zero-order valence-corrected chi connectivity index (χ0v) is 12.2. The molecule has 2 N–H and O–H groups in total. The maximum absolute atomic E-state index is 11.0. The fourth-order valence-electron chi connectivity index (χ4n) is 2.21. The van der Waals surface area contributed by atoms with Gasteiger partial charge in [0.1, 0.15) is 18.3 Å². The minimum absolute atomic E-state index is 0.112. The molecule has 0 saturated carbocycles. The summed E-state index contributed by atoms with van der Waals surface area (Å²) in [5.41, 5.74) is -0.856. The van der Waals surface area contributed by atoms with E-state index in [1.807, 2.05) is 13.8 Å². The third kappa shape index (κ3) is 3.00. The van der Waals surface area contributed by atoms with Crippen molar-refractivity contribution >= 4 is 11.6 Å². The number of rotatable bonds is 5. The lowest BCUT2D eigenvalue weighted by Gasteiger charge is -2.35. The molecule has 0 fully saturated rings. The Labute approximate surface area is 122 Å². The lowest BCUT2D eigenvalue weighted by molar-refractivity contribution is -0.112. The van der Waals surface area contributed by atoms with Gasteiger partial charge in [0.2, 0.25) is 0 Å². The number of aliphatic hydroxyl groups is 2. The molecule has 0 radical (unpaired) electrons. The topological polar surface area (TPSA) is 71.2 Å². The van der Waals surface area contributed by atoms with Crippen molar-refractivity contribution in [2.45, 2.75) is 32.1 Å². The largest absolute Gasteiger partial charge is 0.389 e. The summed E-state index contributed by atoms with van der Waals surface area (Å²) in [7, 11) is 0. The molecular weight excluding hydrogens is 278 g/mol. The normalized spacial score (nSPS) is 16.1. The molecule has 0 saturated heterocycles. The molecule has 0 spiro atoms. The zero-order valence-electron chi connectivity index (χ0n) is 11.4. The number of nitrogens with zero attached hydrogens (tertiary/aromatic N) is 3. The standard InChI is InChI=1S/C14H18ClN3O2/c1-10(2)13(19)14(20,7-18-9-16-8-17-18)11-3-5-12(15)6-4-11/h3-6,8-10,13,19-20H,7H2,1-2H3/t13-,14+/m1/s1. The Morgan fingerprint density at radius 1 is 1.30 bits per heavy atom. The molecule has 0 aliphatic rings. The first-order valence-electron chi connectivity index (χ1n) is 6.42. The van der Waals surface area contributed by atoms with Crippen molar-refractivity contribution in [3.05, 3.63) is 47.5 Å². The summed E-state index contributed by atoms with van der Waals surface area (Å²) >= 11 is 5.87. The summed E-state index contributed by atoms with van der Waals surface area (Å²) in [6.07, 6.45) is 1.96. The van der Waals surface area contributed by atoms with Crippen LogP contribution in [0, 0.1) is 5.92 Å². The molecule has 2 aromatic rings. The van der Waals surface area contributed by atoms with Crippen LogP contribution in [0.25, 0.3) is 0 Å². The molecule has 108 valence electrons. The van der Waals surface area contributed by atoms with E-state index in [9.17, 15) is 10.2 Å². The highest BCUT2D eigenvalue weighted by Gasteiger charge is 2.40. The van der Waals surface area contributed by atoms with Crippen molar-refractivity contribution in [3.63, 3.8) is 0 Å². The predicted octanol–water partition coefficient (Wildman–Crippen LogP) is 1.84. The molecule has 0 aliphatic carbocycles. The number of benzene rings is 1. The summed E-state index contributed by atoms with van der Waals surface area (Å²) in [4.78, 5) is 3.86. The van der Waals surface area contributed by atoms with E-state index in [1.54, 1.807) is 24.3 Å². The van der Waals surface area contributed by atoms with Gasteiger partial charge in [0.25, 0.3) is 0 Å². The van der Waals surface area contributed by atoms with Gasteiger partial charge in [0.15, 0.2) is 0 Å². The van der Waals surface area contributed by atoms with Gasteiger partial charge in [0, 0.05) is 5.02 Å². The van der Waals surface area contributed by atoms with Gasteiger partial charge in [-0.3, -0.25) is 0 Å². The molecular formula is C14H18ClN3O2. The third-order valence-corrected chi connectivity index (χ3v) is 3.59. The second-order valence-electron chi connectivity index (χ2n) is 5.21. The highest BCUT2D eigenvalue weighted by Crippen LogP contribution is 2.31. The average Bonchev–Trinajstić information content (AvgIpc) is 2.91. The van der Waals surface area contributed by atoms with Gasteiger partial charge in [0.05, 0.1) is 12.6 Å². The van der Waals surface area contributed by atoms with E-state index >= 15 is 0 Å². The van der Waals surface area contributed by atoms with E-state index in [-0.39, 0.29) is 12.5 Å². The summed E-state index contributed by atoms with van der Waals surface area (Å²) in [5.74, 6) is -0.112. The maximum Gasteiger partial charge on any atom is 0.137 e. The summed E-state index contributed by atoms with van der Waals surface area (Å²) < 4.78 is 1.50. The Balaban J connectivity index is 2.40. The van der Waals surface area contributed by atoms with E-state index in [0.29, 0.717) is 10.6 Å². The van der Waals surface area contributed by atoms with Crippen LogP contribution in [0.2, 0.25) is 5.02 Å². The van der Waals surface area contributed by atoms with Gasteiger partial charge < -0.3 is 10.2 Å². The van der Waals surface area contributed by atoms with E-state index in [2.05, 4.69) is 10.1 Å². The van der Waals surface area contributed by atoms with Crippen LogP contribution in [0.1, 0.15) is 19.4 Å². The van der Waals surface area contributed by atoms with Crippen LogP contribution >= 0.6 is 11.6 Å². The van der Waals surface area contributed by atoms with Crippen LogP contribution in [0.15, 0.2) is 36.9 Å². The Morgan fingerprint density at radius 3 is 2.45 bits per heavy atom. The Bertz CT molecular complexity index is 542. The maximum atomic E-state index is 11.0. The molecule has 2 atom stereocenters. The van der Waals surface area contributed by atoms with Gasteiger partial charge in [-0.15, -0.1) is 0 Å². The second-order valence-corrected chi connectivity index (χ2v) is 5.65. The second kappa shape index (κ2) is 5.91. The lowest BCUT2D eigenvalue weighted by Crippen LogP contribution is -2.46. The molecule has 20 heavy (non-hydrogen) atoms. The Kier molecular flexibility index (Phi) is 4.42. The molecule has 1 heterocycles. The van der Waals surface area contributed by atoms with Crippen LogP contribution in [-0.2, 0) is 12.1 Å². The van der Waals surface area contributed by atoms with Crippen molar-refractivity contribution in [2.75, 3.05) is 0 Å². The molecule has 6 heteroatoms. The van der Waals surface area contributed by atoms with Crippen molar-refractivity contribution < 1.29 is 10.2 Å². The molecule has 0 amide bonds. The van der Waals surface area contributed by atoms with Crippen LogP contribution < -0.4 is 0 Å². The van der Waals surface area contributed by atoms with Gasteiger partial charge >= 0.3 is 0 Å². The van der Waals surface area contributed by atoms with Crippen LogP contribution in [0.3, 0.4) is 0 Å². The number of hydrogen-bond acceptors (Lipinski definition) is 4. The summed E-state index contributed by atoms with van der Waals surface area (Å²) in [5, 5.41) is 26.0. The van der Waals surface area contributed by atoms with E-state index in [0.717, 1.165) is 0 Å². The number of aromatic nitrogens is 3. The van der Waals surface area contributed by atoms with Gasteiger partial charge in [-0.05, 0) is 23.6 Å². The first kappa shape index (κ1) is 15.0. The fourth-order valence-corrected chi connectivity index (χ4v) is 2.33. The molecule has 2 rings (SSSR count). The monoisotopic (exact) mass is 295 g/mol. The molecule has 0 bridgehead atoms.